The number of nitrogens with two attached hydrogens (primary N) is 1. The van der Waals surface area contributed by atoms with Gasteiger partial charge in [0.1, 0.15) is 0 Å². The molecule has 108 valence electrons. The number of hydrogen-bond acceptors (Lipinski definition) is 3. The third-order valence-corrected chi connectivity index (χ3v) is 4.07. The zero-order valence-electron chi connectivity index (χ0n) is 11.4. The Balaban J connectivity index is 1.93. The van der Waals surface area contributed by atoms with E-state index in [1.54, 1.807) is 0 Å². The van der Waals surface area contributed by atoms with E-state index < -0.39 is 6.03 Å². The summed E-state index contributed by atoms with van der Waals surface area (Å²) in [6, 6.07) is -0.409. The standard InChI is InChI=1S/C13H24N4O2/c14-13(19)16-9-11-5-1-2-7-17(11)12(18)10-4-3-6-15-8-10/h10-11,15H,1-9H2,(H3,14,16,19)/t10-,11+/m1/s1. The van der Waals surface area contributed by atoms with Gasteiger partial charge in [-0.15, -0.1) is 0 Å². The van der Waals surface area contributed by atoms with Gasteiger partial charge >= 0.3 is 6.03 Å². The van der Waals surface area contributed by atoms with Gasteiger partial charge in [0.2, 0.25) is 5.91 Å². The molecule has 0 aromatic rings. The van der Waals surface area contributed by atoms with Crippen LogP contribution in [0.15, 0.2) is 0 Å². The number of hydrogen-bond donors (Lipinski definition) is 3. The van der Waals surface area contributed by atoms with Crippen molar-refractivity contribution in [3.05, 3.63) is 0 Å². The summed E-state index contributed by atoms with van der Waals surface area (Å²) in [5.74, 6) is 0.339. The maximum atomic E-state index is 12.6. The first-order chi connectivity index (χ1) is 9.18. The monoisotopic (exact) mass is 268 g/mol. The summed E-state index contributed by atoms with van der Waals surface area (Å²) in [5, 5.41) is 5.91. The number of carbonyl (C=O) groups is 2. The van der Waals surface area contributed by atoms with Crippen LogP contribution in [-0.2, 0) is 4.79 Å². The molecule has 0 aromatic carbocycles. The molecule has 2 rings (SSSR count). The van der Waals surface area contributed by atoms with Crippen LogP contribution in [0.2, 0.25) is 0 Å². The van der Waals surface area contributed by atoms with E-state index >= 15 is 0 Å². The maximum Gasteiger partial charge on any atom is 0.312 e. The highest BCUT2D eigenvalue weighted by Crippen LogP contribution is 2.21. The van der Waals surface area contributed by atoms with Gasteiger partial charge < -0.3 is 21.3 Å². The lowest BCUT2D eigenvalue weighted by Gasteiger charge is -2.38. The third kappa shape index (κ3) is 3.83. The molecule has 6 heteroatoms. The highest BCUT2D eigenvalue weighted by atomic mass is 16.2. The first kappa shape index (κ1) is 14.1. The molecule has 2 fully saturated rings. The second-order valence-electron chi connectivity index (χ2n) is 5.47. The lowest BCUT2D eigenvalue weighted by atomic mass is 9.94. The van der Waals surface area contributed by atoms with Gasteiger partial charge in [0.25, 0.3) is 0 Å². The van der Waals surface area contributed by atoms with Gasteiger partial charge in [0.15, 0.2) is 0 Å². The average Bonchev–Trinajstić information content (AvgIpc) is 2.45. The molecule has 2 aliphatic rings. The zero-order chi connectivity index (χ0) is 13.7. The van der Waals surface area contributed by atoms with Crippen molar-refractivity contribution in [3.8, 4) is 0 Å². The number of carbonyl (C=O) groups excluding carboxylic acids is 2. The summed E-state index contributed by atoms with van der Waals surface area (Å²) in [4.78, 5) is 25.3. The van der Waals surface area contributed by atoms with Crippen molar-refractivity contribution in [2.45, 2.75) is 38.1 Å². The lowest BCUT2D eigenvalue weighted by Crippen LogP contribution is -2.53. The van der Waals surface area contributed by atoms with Crippen LogP contribution in [0.25, 0.3) is 0 Å². The average molecular weight is 268 g/mol. The van der Waals surface area contributed by atoms with Crippen molar-refractivity contribution in [2.75, 3.05) is 26.2 Å². The smallest absolute Gasteiger partial charge is 0.312 e. The lowest BCUT2D eigenvalue weighted by molar-refractivity contribution is -0.139. The molecular weight excluding hydrogens is 244 g/mol. The number of urea groups is 1. The quantitative estimate of drug-likeness (QED) is 0.675. The van der Waals surface area contributed by atoms with Crippen LogP contribution in [0.1, 0.15) is 32.1 Å². The van der Waals surface area contributed by atoms with Crippen LogP contribution >= 0.6 is 0 Å². The van der Waals surface area contributed by atoms with Crippen LogP contribution in [0, 0.1) is 5.92 Å². The topological polar surface area (TPSA) is 87.5 Å². The molecule has 2 atom stereocenters. The number of primary amides is 1. The van der Waals surface area contributed by atoms with Crippen molar-refractivity contribution in [3.63, 3.8) is 0 Å². The first-order valence-corrected chi connectivity index (χ1v) is 7.23. The Morgan fingerprint density at radius 2 is 2.11 bits per heavy atom. The van der Waals surface area contributed by atoms with E-state index in [-0.39, 0.29) is 17.9 Å². The summed E-state index contributed by atoms with van der Waals surface area (Å²) in [5.41, 5.74) is 5.11. The van der Waals surface area contributed by atoms with E-state index in [1.807, 2.05) is 4.90 Å². The second kappa shape index (κ2) is 6.75. The molecule has 0 radical (unpaired) electrons. The Bertz CT molecular complexity index is 329. The van der Waals surface area contributed by atoms with E-state index in [4.69, 9.17) is 5.73 Å². The minimum absolute atomic E-state index is 0.0999. The predicted molar refractivity (Wildman–Crippen MR) is 72.5 cm³/mol. The molecule has 0 spiro atoms. The van der Waals surface area contributed by atoms with Gasteiger partial charge in [0.05, 0.1) is 5.92 Å². The number of amides is 3. The molecule has 19 heavy (non-hydrogen) atoms. The summed E-state index contributed by atoms with van der Waals surface area (Å²) in [7, 11) is 0. The van der Waals surface area contributed by atoms with Crippen molar-refractivity contribution >= 4 is 11.9 Å². The zero-order valence-corrected chi connectivity index (χ0v) is 11.4. The largest absolute Gasteiger partial charge is 0.352 e. The number of nitrogens with zero attached hydrogens (tertiary/aromatic N) is 1. The molecule has 0 saturated carbocycles. The van der Waals surface area contributed by atoms with E-state index in [1.165, 1.54) is 0 Å². The van der Waals surface area contributed by atoms with Gasteiger partial charge in [-0.05, 0) is 38.6 Å². The Labute approximate surface area is 114 Å². The van der Waals surface area contributed by atoms with E-state index in [9.17, 15) is 9.59 Å². The predicted octanol–water partition coefficient (Wildman–Crippen LogP) is 0.0354. The van der Waals surface area contributed by atoms with Gasteiger partial charge in [-0.3, -0.25) is 4.79 Å². The van der Waals surface area contributed by atoms with Gasteiger partial charge in [-0.2, -0.15) is 0 Å². The fourth-order valence-electron chi connectivity index (χ4n) is 3.02. The fraction of sp³-hybridized carbons (Fsp3) is 0.846. The molecule has 4 N–H and O–H groups in total. The van der Waals surface area contributed by atoms with E-state index in [0.717, 1.165) is 51.7 Å². The molecule has 3 amide bonds. The van der Waals surface area contributed by atoms with Gasteiger partial charge in [-0.1, -0.05) is 0 Å². The highest BCUT2D eigenvalue weighted by molar-refractivity contribution is 5.80. The van der Waals surface area contributed by atoms with Crippen molar-refractivity contribution in [1.82, 2.24) is 15.5 Å². The molecular formula is C13H24N4O2. The van der Waals surface area contributed by atoms with Gasteiger partial charge in [-0.25, -0.2) is 4.79 Å². The minimum Gasteiger partial charge on any atom is -0.352 e. The number of rotatable bonds is 3. The Morgan fingerprint density at radius 3 is 2.79 bits per heavy atom. The Kier molecular flexibility index (Phi) is 5.01. The molecule has 0 aromatic heterocycles. The minimum atomic E-state index is -0.516. The van der Waals surface area contributed by atoms with E-state index in [2.05, 4.69) is 10.6 Å². The maximum absolute atomic E-state index is 12.6. The van der Waals surface area contributed by atoms with Crippen molar-refractivity contribution in [2.24, 2.45) is 11.7 Å². The van der Waals surface area contributed by atoms with E-state index in [0.29, 0.717) is 6.54 Å². The molecule has 0 unspecified atom stereocenters. The van der Waals surface area contributed by atoms with Gasteiger partial charge in [0, 0.05) is 25.7 Å². The van der Waals surface area contributed by atoms with Crippen molar-refractivity contribution < 1.29 is 9.59 Å². The van der Waals surface area contributed by atoms with Crippen LogP contribution in [0.3, 0.4) is 0 Å². The number of nitrogens with one attached hydrogen (secondary N) is 2. The van der Waals surface area contributed by atoms with Crippen LogP contribution < -0.4 is 16.4 Å². The fourth-order valence-corrected chi connectivity index (χ4v) is 3.02. The SMILES string of the molecule is NC(=O)NC[C@@H]1CCCCN1C(=O)[C@@H]1CCCNC1. The van der Waals surface area contributed by atoms with Crippen LogP contribution in [-0.4, -0.2) is 49.1 Å². The summed E-state index contributed by atoms with van der Waals surface area (Å²) >= 11 is 0. The number of piperidine rings is 2. The highest BCUT2D eigenvalue weighted by Gasteiger charge is 2.32. The summed E-state index contributed by atoms with van der Waals surface area (Å²) < 4.78 is 0. The first-order valence-electron chi connectivity index (χ1n) is 7.23. The summed E-state index contributed by atoms with van der Waals surface area (Å²) in [6.45, 7) is 3.07. The summed E-state index contributed by atoms with van der Waals surface area (Å²) in [6.07, 6.45) is 5.15. The Morgan fingerprint density at radius 1 is 1.26 bits per heavy atom. The molecule has 2 saturated heterocycles. The van der Waals surface area contributed by atoms with Crippen LogP contribution in [0.4, 0.5) is 4.79 Å². The third-order valence-electron chi connectivity index (χ3n) is 4.07. The Hall–Kier alpha value is -1.30. The van der Waals surface area contributed by atoms with Crippen LogP contribution in [0.5, 0.6) is 0 Å². The van der Waals surface area contributed by atoms with Crippen molar-refractivity contribution in [1.29, 1.82) is 0 Å². The molecule has 2 aliphatic heterocycles. The normalized spacial score (nSPS) is 27.9. The second-order valence-corrected chi connectivity index (χ2v) is 5.47. The molecule has 6 nitrogen and oxygen atoms in total. The molecule has 0 aliphatic carbocycles. The number of likely N-dealkylation sites (tertiary alicyclic amines) is 1. The molecule has 0 bridgehead atoms. The molecule has 2 heterocycles.